The molecule has 0 spiro atoms. The number of aryl methyl sites for hydroxylation is 1. The van der Waals surface area contributed by atoms with Gasteiger partial charge in [0, 0.05) is 12.8 Å². The molecule has 1 unspecified atom stereocenters. The molecule has 1 atom stereocenters. The van der Waals surface area contributed by atoms with Gasteiger partial charge in [0.15, 0.2) is 0 Å². The quantitative estimate of drug-likeness (QED) is 0.870. The van der Waals surface area contributed by atoms with Crippen molar-refractivity contribution in [2.24, 2.45) is 0 Å². The van der Waals surface area contributed by atoms with E-state index in [0.717, 1.165) is 0 Å². The SMILES string of the molecule is Cc1ccccc1CC1(O)CC(C)(C)OC1(C)C. The zero-order valence-corrected chi connectivity index (χ0v) is 12.1. The van der Waals surface area contributed by atoms with Crippen molar-refractivity contribution in [3.63, 3.8) is 0 Å². The summed E-state index contributed by atoms with van der Waals surface area (Å²) in [6, 6.07) is 8.24. The molecule has 1 aliphatic heterocycles. The van der Waals surface area contributed by atoms with Crippen LogP contribution in [-0.2, 0) is 11.2 Å². The average Bonchev–Trinajstić information content (AvgIpc) is 2.34. The highest BCUT2D eigenvalue weighted by Gasteiger charge is 2.56. The van der Waals surface area contributed by atoms with Crippen molar-refractivity contribution in [2.75, 3.05) is 0 Å². The molecule has 18 heavy (non-hydrogen) atoms. The van der Waals surface area contributed by atoms with E-state index in [-0.39, 0.29) is 5.60 Å². The van der Waals surface area contributed by atoms with Crippen LogP contribution < -0.4 is 0 Å². The van der Waals surface area contributed by atoms with Gasteiger partial charge in [-0.1, -0.05) is 24.3 Å². The Hall–Kier alpha value is -0.860. The van der Waals surface area contributed by atoms with E-state index < -0.39 is 11.2 Å². The minimum atomic E-state index is -0.803. The van der Waals surface area contributed by atoms with E-state index in [9.17, 15) is 5.11 Å². The number of benzene rings is 1. The predicted octanol–water partition coefficient (Wildman–Crippen LogP) is 3.25. The summed E-state index contributed by atoms with van der Waals surface area (Å²) in [5, 5.41) is 11.0. The second kappa shape index (κ2) is 4.07. The van der Waals surface area contributed by atoms with Crippen LogP contribution in [0.1, 0.15) is 45.2 Å². The molecule has 0 saturated carbocycles. The van der Waals surface area contributed by atoms with Crippen LogP contribution in [-0.4, -0.2) is 21.9 Å². The number of rotatable bonds is 2. The Kier molecular flexibility index (Phi) is 3.07. The van der Waals surface area contributed by atoms with Crippen molar-refractivity contribution in [3.05, 3.63) is 35.4 Å². The molecule has 0 amide bonds. The van der Waals surface area contributed by atoms with Gasteiger partial charge in [0.05, 0.1) is 16.8 Å². The Labute approximate surface area is 110 Å². The lowest BCUT2D eigenvalue weighted by molar-refractivity contribution is -0.125. The van der Waals surface area contributed by atoms with Crippen LogP contribution in [0.5, 0.6) is 0 Å². The van der Waals surface area contributed by atoms with E-state index >= 15 is 0 Å². The monoisotopic (exact) mass is 248 g/mol. The molecule has 1 saturated heterocycles. The van der Waals surface area contributed by atoms with Crippen molar-refractivity contribution >= 4 is 0 Å². The summed E-state index contributed by atoms with van der Waals surface area (Å²) < 4.78 is 6.01. The van der Waals surface area contributed by atoms with Crippen molar-refractivity contribution in [1.82, 2.24) is 0 Å². The van der Waals surface area contributed by atoms with Gasteiger partial charge < -0.3 is 9.84 Å². The first-order chi connectivity index (χ1) is 8.15. The Balaban J connectivity index is 2.30. The first kappa shape index (κ1) is 13.6. The van der Waals surface area contributed by atoms with E-state index in [1.165, 1.54) is 11.1 Å². The summed E-state index contributed by atoms with van der Waals surface area (Å²) in [7, 11) is 0. The van der Waals surface area contributed by atoms with Crippen molar-refractivity contribution in [1.29, 1.82) is 0 Å². The number of hydrogen-bond donors (Lipinski definition) is 1. The highest BCUT2D eigenvalue weighted by atomic mass is 16.5. The van der Waals surface area contributed by atoms with Crippen molar-refractivity contribution in [2.45, 2.75) is 64.3 Å². The lowest BCUT2D eigenvalue weighted by Crippen LogP contribution is -2.48. The summed E-state index contributed by atoms with van der Waals surface area (Å²) in [6.45, 7) is 10.2. The van der Waals surface area contributed by atoms with Crippen molar-refractivity contribution in [3.8, 4) is 0 Å². The summed E-state index contributed by atoms with van der Waals surface area (Å²) in [6.07, 6.45) is 1.32. The molecule has 1 heterocycles. The average molecular weight is 248 g/mol. The number of ether oxygens (including phenoxy) is 1. The highest BCUT2D eigenvalue weighted by Crippen LogP contribution is 2.46. The highest BCUT2D eigenvalue weighted by molar-refractivity contribution is 5.28. The minimum absolute atomic E-state index is 0.263. The molecule has 0 radical (unpaired) electrons. The van der Waals surface area contributed by atoms with Crippen LogP contribution >= 0.6 is 0 Å². The Bertz CT molecular complexity index is 448. The minimum Gasteiger partial charge on any atom is -0.386 e. The first-order valence-corrected chi connectivity index (χ1v) is 6.62. The normalized spacial score (nSPS) is 29.4. The van der Waals surface area contributed by atoms with E-state index in [0.29, 0.717) is 12.8 Å². The Morgan fingerprint density at radius 2 is 1.78 bits per heavy atom. The fourth-order valence-electron chi connectivity index (χ4n) is 3.14. The molecular weight excluding hydrogens is 224 g/mol. The van der Waals surface area contributed by atoms with E-state index in [1.54, 1.807) is 0 Å². The molecule has 0 aliphatic carbocycles. The van der Waals surface area contributed by atoms with Crippen LogP contribution in [0.25, 0.3) is 0 Å². The summed E-state index contributed by atoms with van der Waals surface area (Å²) in [5.41, 5.74) is 0.850. The third-order valence-corrected chi connectivity index (χ3v) is 4.11. The van der Waals surface area contributed by atoms with Crippen LogP contribution in [0, 0.1) is 6.92 Å². The fourth-order valence-corrected chi connectivity index (χ4v) is 3.14. The molecule has 1 aliphatic rings. The molecule has 2 heteroatoms. The molecule has 2 rings (SSSR count). The molecule has 100 valence electrons. The zero-order valence-electron chi connectivity index (χ0n) is 12.1. The third-order valence-electron chi connectivity index (χ3n) is 4.11. The lowest BCUT2D eigenvalue weighted by atomic mass is 9.77. The summed E-state index contributed by atoms with van der Waals surface area (Å²) in [4.78, 5) is 0. The molecule has 0 bridgehead atoms. The van der Waals surface area contributed by atoms with Gasteiger partial charge in [0.1, 0.15) is 0 Å². The molecule has 0 aromatic heterocycles. The summed E-state index contributed by atoms with van der Waals surface area (Å²) in [5.74, 6) is 0. The standard InChI is InChI=1S/C16H24O2/c1-12-8-6-7-9-13(12)10-16(17)11-14(2,3)18-15(16,4)5/h6-9,17H,10-11H2,1-5H3. The van der Waals surface area contributed by atoms with Gasteiger partial charge >= 0.3 is 0 Å². The second-order valence-electron chi connectivity index (χ2n) is 6.68. The lowest BCUT2D eigenvalue weighted by Gasteiger charge is -2.35. The third kappa shape index (κ3) is 2.32. The largest absolute Gasteiger partial charge is 0.386 e. The van der Waals surface area contributed by atoms with Crippen LogP contribution in [0.4, 0.5) is 0 Å². The molecule has 1 aromatic rings. The first-order valence-electron chi connectivity index (χ1n) is 6.62. The van der Waals surface area contributed by atoms with Crippen molar-refractivity contribution < 1.29 is 9.84 Å². The Morgan fingerprint density at radius 3 is 2.28 bits per heavy atom. The van der Waals surface area contributed by atoms with Gasteiger partial charge in [-0.25, -0.2) is 0 Å². The molecule has 1 N–H and O–H groups in total. The molecule has 2 nitrogen and oxygen atoms in total. The molecule has 1 aromatic carbocycles. The maximum atomic E-state index is 11.0. The maximum Gasteiger partial charge on any atom is 0.0998 e. The summed E-state index contributed by atoms with van der Waals surface area (Å²) >= 11 is 0. The smallest absolute Gasteiger partial charge is 0.0998 e. The van der Waals surface area contributed by atoms with E-state index in [1.807, 2.05) is 39.8 Å². The van der Waals surface area contributed by atoms with Gasteiger partial charge in [-0.3, -0.25) is 0 Å². The molecular formula is C16H24O2. The number of aliphatic hydroxyl groups is 1. The topological polar surface area (TPSA) is 29.5 Å². The Morgan fingerprint density at radius 1 is 1.17 bits per heavy atom. The van der Waals surface area contributed by atoms with Gasteiger partial charge in [0.25, 0.3) is 0 Å². The fraction of sp³-hybridized carbons (Fsp3) is 0.625. The van der Waals surface area contributed by atoms with E-state index in [4.69, 9.17) is 4.74 Å². The van der Waals surface area contributed by atoms with E-state index in [2.05, 4.69) is 19.1 Å². The maximum absolute atomic E-state index is 11.0. The predicted molar refractivity (Wildman–Crippen MR) is 73.7 cm³/mol. The second-order valence-corrected chi connectivity index (χ2v) is 6.68. The van der Waals surface area contributed by atoms with Gasteiger partial charge in [-0.2, -0.15) is 0 Å². The van der Waals surface area contributed by atoms with Crippen LogP contribution in [0.3, 0.4) is 0 Å². The molecule has 1 fully saturated rings. The number of hydrogen-bond acceptors (Lipinski definition) is 2. The van der Waals surface area contributed by atoms with Gasteiger partial charge in [0.2, 0.25) is 0 Å². The van der Waals surface area contributed by atoms with Gasteiger partial charge in [-0.05, 0) is 45.7 Å². The van der Waals surface area contributed by atoms with Crippen LogP contribution in [0.2, 0.25) is 0 Å². The van der Waals surface area contributed by atoms with Gasteiger partial charge in [-0.15, -0.1) is 0 Å². The van der Waals surface area contributed by atoms with Crippen LogP contribution in [0.15, 0.2) is 24.3 Å². The zero-order chi connectivity index (χ0) is 13.6.